The van der Waals surface area contributed by atoms with E-state index in [1.807, 2.05) is 0 Å². The van der Waals surface area contributed by atoms with E-state index in [0.717, 1.165) is 90.4 Å². The first-order valence-corrected chi connectivity index (χ1v) is 26.5. The first kappa shape index (κ1) is 60.1. The molecular weight excluding hydrogens is 805 g/mol. The van der Waals surface area contributed by atoms with Gasteiger partial charge < -0.3 is 42.5 Å². The second-order valence-electron chi connectivity index (χ2n) is 19.2. The lowest BCUT2D eigenvalue weighted by atomic mass is 9.91. The number of carbonyl (C=O) groups is 2. The molecule has 0 radical (unpaired) electrons. The second kappa shape index (κ2) is 42.5. The number of allylic oxidation sites excluding steroid dienone is 4. The second-order valence-corrected chi connectivity index (χ2v) is 19.2. The van der Waals surface area contributed by atoms with Crippen molar-refractivity contribution in [1.82, 2.24) is 20.4 Å². The number of rotatable bonds is 44. The predicted octanol–water partition coefficient (Wildman–Crippen LogP) is 7.50. The fourth-order valence-electron chi connectivity index (χ4n) is 8.88. The van der Waals surface area contributed by atoms with Gasteiger partial charge in [0.1, 0.15) is 0 Å². The Hall–Kier alpha value is -1.90. The molecule has 1 aliphatic heterocycles. The highest BCUT2D eigenvalue weighted by atomic mass is 16.3. The number of aliphatic hydroxyl groups is 4. The number of piperazine rings is 1. The van der Waals surface area contributed by atoms with Gasteiger partial charge >= 0.3 is 0 Å². The molecule has 6 unspecified atom stereocenters. The van der Waals surface area contributed by atoms with Gasteiger partial charge in [0, 0.05) is 78.3 Å². The van der Waals surface area contributed by atoms with Crippen molar-refractivity contribution in [2.75, 3.05) is 65.4 Å². The summed E-state index contributed by atoms with van der Waals surface area (Å²) in [4.78, 5) is 30.2. The summed E-state index contributed by atoms with van der Waals surface area (Å²) in [5.74, 6) is -0.0961. The first-order valence-electron chi connectivity index (χ1n) is 26.5. The maximum Gasteiger partial charge on any atom is 0.220 e. The Bertz CT molecular complexity index is 1050. The molecule has 0 aliphatic carbocycles. The topological polar surface area (TPSA) is 198 Å². The number of nitrogens with zero attached hydrogens (tertiary/aromatic N) is 2. The summed E-state index contributed by atoms with van der Waals surface area (Å²) < 4.78 is 0. The van der Waals surface area contributed by atoms with Gasteiger partial charge in [-0.2, -0.15) is 0 Å². The van der Waals surface area contributed by atoms with Gasteiger partial charge in [-0.1, -0.05) is 128 Å². The molecule has 12 heteroatoms. The van der Waals surface area contributed by atoms with E-state index in [-0.39, 0.29) is 49.8 Å². The lowest BCUT2D eigenvalue weighted by Gasteiger charge is -2.36. The molecule has 0 bridgehead atoms. The van der Waals surface area contributed by atoms with Crippen molar-refractivity contribution in [2.24, 2.45) is 23.3 Å². The molecule has 6 atom stereocenters. The lowest BCUT2D eigenvalue weighted by molar-refractivity contribution is -0.123. The summed E-state index contributed by atoms with van der Waals surface area (Å²) >= 11 is 0. The predicted molar refractivity (Wildman–Crippen MR) is 267 cm³/mol. The number of nitrogens with two attached hydrogens (primary N) is 2. The van der Waals surface area contributed by atoms with Gasteiger partial charge in [0.2, 0.25) is 11.8 Å². The molecule has 1 aliphatic rings. The molecule has 0 aromatic carbocycles. The van der Waals surface area contributed by atoms with Crippen LogP contribution >= 0.6 is 0 Å². The zero-order chi connectivity index (χ0) is 46.9. The molecule has 0 spiro atoms. The zero-order valence-corrected chi connectivity index (χ0v) is 41.3. The smallest absolute Gasteiger partial charge is 0.220 e. The van der Waals surface area contributed by atoms with Crippen LogP contribution < -0.4 is 22.1 Å². The van der Waals surface area contributed by atoms with Crippen LogP contribution in [0.4, 0.5) is 0 Å². The first-order chi connectivity index (χ1) is 31.1. The van der Waals surface area contributed by atoms with Gasteiger partial charge in [-0.15, -0.1) is 0 Å². The standard InChI is InChI=1S/C52H102N6O6/c1-3-5-7-9-11-13-15-17-19-21-23-25-27-29-45(35-47(59)39-53)37-51(63)55-41-49(61)43-57-31-33-58(34-32-57)44-50(62)42-56-52(64)38-46(36-48(60)40-54)30-28-26-24-22-20-18-16-14-12-10-8-6-4-2/h17-20,45-50,59-62H,3-16,21-44,53-54H2,1-2H3,(H,55,63)(H,56,64)/b19-17-,20-18-. The van der Waals surface area contributed by atoms with Crippen LogP contribution in [0.1, 0.15) is 194 Å². The Kier molecular flexibility index (Phi) is 39.9. The Balaban J connectivity index is 2.28. The number of nitrogens with one attached hydrogen (secondary N) is 2. The number of unbranched alkanes of at least 4 members (excludes halogenated alkanes) is 18. The van der Waals surface area contributed by atoms with Crippen LogP contribution in [0, 0.1) is 11.8 Å². The van der Waals surface area contributed by atoms with Crippen molar-refractivity contribution >= 4 is 11.8 Å². The third-order valence-electron chi connectivity index (χ3n) is 12.9. The summed E-state index contributed by atoms with van der Waals surface area (Å²) in [6.07, 6.45) is 37.0. The largest absolute Gasteiger partial charge is 0.392 e. The van der Waals surface area contributed by atoms with E-state index < -0.39 is 24.4 Å². The van der Waals surface area contributed by atoms with Gasteiger partial charge in [-0.3, -0.25) is 19.4 Å². The van der Waals surface area contributed by atoms with E-state index in [9.17, 15) is 30.0 Å². The van der Waals surface area contributed by atoms with Gasteiger partial charge in [0.15, 0.2) is 0 Å². The molecule has 2 amide bonds. The molecule has 1 heterocycles. The lowest BCUT2D eigenvalue weighted by Crippen LogP contribution is -2.52. The number of carbonyl (C=O) groups excluding carboxylic acids is 2. The Labute approximate surface area is 392 Å². The molecule has 0 saturated carbocycles. The summed E-state index contributed by atoms with van der Waals surface area (Å²) in [5, 5.41) is 47.9. The minimum Gasteiger partial charge on any atom is -0.392 e. The van der Waals surface area contributed by atoms with Crippen molar-refractivity contribution in [3.63, 3.8) is 0 Å². The monoisotopic (exact) mass is 907 g/mol. The molecule has 0 aromatic heterocycles. The van der Waals surface area contributed by atoms with E-state index in [1.165, 1.54) is 89.9 Å². The number of hydrogen-bond acceptors (Lipinski definition) is 10. The molecule has 64 heavy (non-hydrogen) atoms. The van der Waals surface area contributed by atoms with Crippen LogP contribution in [0.15, 0.2) is 24.3 Å². The Morgan fingerprint density at radius 1 is 0.484 bits per heavy atom. The summed E-state index contributed by atoms with van der Waals surface area (Å²) in [6, 6.07) is 0. The average Bonchev–Trinajstić information content (AvgIpc) is 3.28. The highest BCUT2D eigenvalue weighted by Gasteiger charge is 2.23. The van der Waals surface area contributed by atoms with Crippen LogP contribution in [0.5, 0.6) is 0 Å². The number of aliphatic hydroxyl groups excluding tert-OH is 4. The molecule has 10 N–H and O–H groups in total. The molecule has 1 fully saturated rings. The van der Waals surface area contributed by atoms with Crippen molar-refractivity contribution in [1.29, 1.82) is 0 Å². The van der Waals surface area contributed by atoms with Gasteiger partial charge in [-0.25, -0.2) is 0 Å². The average molecular weight is 907 g/mol. The highest BCUT2D eigenvalue weighted by Crippen LogP contribution is 2.22. The normalized spacial score (nSPS) is 16.9. The minimum atomic E-state index is -0.699. The third kappa shape index (κ3) is 36.2. The summed E-state index contributed by atoms with van der Waals surface area (Å²) in [5.41, 5.74) is 11.4. The van der Waals surface area contributed by atoms with Crippen molar-refractivity contribution < 1.29 is 30.0 Å². The molecule has 1 saturated heterocycles. The number of hydrogen-bond donors (Lipinski definition) is 8. The number of amides is 2. The van der Waals surface area contributed by atoms with E-state index >= 15 is 0 Å². The van der Waals surface area contributed by atoms with Crippen LogP contribution in [-0.2, 0) is 9.59 Å². The van der Waals surface area contributed by atoms with Crippen molar-refractivity contribution in [3.05, 3.63) is 24.3 Å². The van der Waals surface area contributed by atoms with E-state index in [1.54, 1.807) is 0 Å². The van der Waals surface area contributed by atoms with Crippen molar-refractivity contribution in [2.45, 2.75) is 218 Å². The number of β-amino-alcohol motifs (C(OH)–C–C–N with tert-alkyl or cyclic N) is 2. The quantitative estimate of drug-likeness (QED) is 0.0224. The van der Waals surface area contributed by atoms with Crippen LogP contribution in [-0.4, -0.2) is 132 Å². The van der Waals surface area contributed by atoms with Crippen LogP contribution in [0.25, 0.3) is 0 Å². The van der Waals surface area contributed by atoms with Gasteiger partial charge in [0.25, 0.3) is 0 Å². The maximum atomic E-state index is 12.9. The van der Waals surface area contributed by atoms with E-state index in [0.29, 0.717) is 38.8 Å². The van der Waals surface area contributed by atoms with Gasteiger partial charge in [-0.05, 0) is 88.9 Å². The van der Waals surface area contributed by atoms with Crippen LogP contribution in [0.2, 0.25) is 0 Å². The van der Waals surface area contributed by atoms with E-state index in [4.69, 9.17) is 11.5 Å². The van der Waals surface area contributed by atoms with E-state index in [2.05, 4.69) is 58.6 Å². The minimum absolute atomic E-state index is 0.0555. The van der Waals surface area contributed by atoms with Gasteiger partial charge in [0.05, 0.1) is 24.4 Å². The molecule has 0 aromatic rings. The summed E-state index contributed by atoms with van der Waals surface area (Å²) in [7, 11) is 0. The Morgan fingerprint density at radius 3 is 1.12 bits per heavy atom. The molecule has 12 nitrogen and oxygen atoms in total. The zero-order valence-electron chi connectivity index (χ0n) is 41.3. The SMILES string of the molecule is CCCCCCCC/C=C\CCCCCC(CC(=O)NCC(O)CN1CCN(CC(O)CNC(=O)CC(CCCCC/C=C\CCCCCCCC)CC(O)CN)CC1)CC(O)CN. The molecule has 1 rings (SSSR count). The fraction of sp³-hybridized carbons (Fsp3) is 0.885. The highest BCUT2D eigenvalue weighted by molar-refractivity contribution is 5.76. The van der Waals surface area contributed by atoms with Crippen LogP contribution in [0.3, 0.4) is 0 Å². The maximum absolute atomic E-state index is 12.9. The molecular formula is C52H102N6O6. The Morgan fingerprint density at radius 2 is 0.797 bits per heavy atom. The fourth-order valence-corrected chi connectivity index (χ4v) is 8.88. The summed E-state index contributed by atoms with van der Waals surface area (Å²) in [6.45, 7) is 9.07. The van der Waals surface area contributed by atoms with Crippen molar-refractivity contribution in [3.8, 4) is 0 Å². The molecule has 376 valence electrons. The third-order valence-corrected chi connectivity index (χ3v) is 12.9.